The lowest BCUT2D eigenvalue weighted by atomic mass is 10.0. The fourth-order valence-corrected chi connectivity index (χ4v) is 5.17. The van der Waals surface area contributed by atoms with E-state index in [0.717, 1.165) is 12.8 Å². The molecule has 1 aromatic carbocycles. The molecule has 0 unspecified atom stereocenters. The second kappa shape index (κ2) is 7.52. The van der Waals surface area contributed by atoms with E-state index in [0.29, 0.717) is 63.2 Å². The molecule has 1 fully saturated rings. The number of hydrogen-bond acceptors (Lipinski definition) is 5. The number of hydrogen-bond donors (Lipinski definition) is 0. The van der Waals surface area contributed by atoms with E-state index in [1.54, 1.807) is 17.0 Å². The Kier molecular flexibility index (Phi) is 5.10. The van der Waals surface area contributed by atoms with Crippen LogP contribution in [0.1, 0.15) is 19.3 Å². The van der Waals surface area contributed by atoms with Gasteiger partial charge in [0.1, 0.15) is 13.2 Å². The predicted molar refractivity (Wildman–Crippen MR) is 99.3 cm³/mol. The number of amides is 1. The van der Waals surface area contributed by atoms with Gasteiger partial charge in [-0.15, -0.1) is 0 Å². The Balaban J connectivity index is 1.39. The van der Waals surface area contributed by atoms with E-state index >= 15 is 0 Å². The molecule has 2 heterocycles. The van der Waals surface area contributed by atoms with Crippen LogP contribution in [0.25, 0.3) is 0 Å². The molecule has 3 aliphatic rings. The number of allylic oxidation sites excluding steroid dienone is 2. The molecule has 0 N–H and O–H groups in total. The molecule has 1 aromatic rings. The van der Waals surface area contributed by atoms with Crippen molar-refractivity contribution in [3.05, 3.63) is 30.4 Å². The van der Waals surface area contributed by atoms with Crippen LogP contribution >= 0.6 is 0 Å². The van der Waals surface area contributed by atoms with E-state index in [1.807, 2.05) is 0 Å². The SMILES string of the molecule is O=C(C[C@H]1C=CCC1)N1CCN(S(=O)(=O)c2ccc3c(c2)OCCO3)CC1. The number of piperazine rings is 1. The van der Waals surface area contributed by atoms with Crippen molar-refractivity contribution < 1.29 is 22.7 Å². The van der Waals surface area contributed by atoms with Crippen LogP contribution in [0.5, 0.6) is 11.5 Å². The topological polar surface area (TPSA) is 76.2 Å². The monoisotopic (exact) mass is 392 g/mol. The summed E-state index contributed by atoms with van der Waals surface area (Å²) in [6.45, 7) is 2.35. The van der Waals surface area contributed by atoms with Crippen LogP contribution in [0.2, 0.25) is 0 Å². The van der Waals surface area contributed by atoms with Crippen molar-refractivity contribution in [2.75, 3.05) is 39.4 Å². The zero-order valence-electron chi connectivity index (χ0n) is 15.2. The number of ether oxygens (including phenoxy) is 2. The normalized spacial score (nSPS) is 22.8. The first-order valence-corrected chi connectivity index (χ1v) is 10.8. The number of benzene rings is 1. The second-order valence-electron chi connectivity index (χ2n) is 7.06. The van der Waals surface area contributed by atoms with Crippen molar-refractivity contribution >= 4 is 15.9 Å². The summed E-state index contributed by atoms with van der Waals surface area (Å²) < 4.78 is 38.3. The molecule has 0 saturated carbocycles. The Bertz CT molecular complexity index is 844. The van der Waals surface area contributed by atoms with Crippen molar-refractivity contribution in [3.63, 3.8) is 0 Å². The lowest BCUT2D eigenvalue weighted by Crippen LogP contribution is -2.50. The van der Waals surface area contributed by atoms with Gasteiger partial charge < -0.3 is 14.4 Å². The van der Waals surface area contributed by atoms with Crippen LogP contribution in [-0.2, 0) is 14.8 Å². The van der Waals surface area contributed by atoms with Crippen LogP contribution < -0.4 is 9.47 Å². The third kappa shape index (κ3) is 3.82. The highest BCUT2D eigenvalue weighted by Gasteiger charge is 2.31. The average molecular weight is 392 g/mol. The summed E-state index contributed by atoms with van der Waals surface area (Å²) in [5, 5.41) is 0. The molecule has 27 heavy (non-hydrogen) atoms. The largest absolute Gasteiger partial charge is 0.486 e. The van der Waals surface area contributed by atoms with Crippen molar-refractivity contribution in [1.82, 2.24) is 9.21 Å². The molecule has 7 nitrogen and oxygen atoms in total. The van der Waals surface area contributed by atoms with Gasteiger partial charge in [0.15, 0.2) is 11.5 Å². The lowest BCUT2D eigenvalue weighted by molar-refractivity contribution is -0.133. The number of carbonyl (C=O) groups excluding carboxylic acids is 1. The molecule has 1 atom stereocenters. The van der Waals surface area contributed by atoms with Gasteiger partial charge in [0.2, 0.25) is 15.9 Å². The van der Waals surface area contributed by atoms with Gasteiger partial charge in [0, 0.05) is 38.7 Å². The van der Waals surface area contributed by atoms with Crippen LogP contribution in [0.3, 0.4) is 0 Å². The van der Waals surface area contributed by atoms with Gasteiger partial charge in [-0.25, -0.2) is 8.42 Å². The first-order chi connectivity index (χ1) is 13.0. The van der Waals surface area contributed by atoms with E-state index in [4.69, 9.17) is 9.47 Å². The summed E-state index contributed by atoms with van der Waals surface area (Å²) in [5.74, 6) is 1.47. The number of rotatable bonds is 4. The van der Waals surface area contributed by atoms with Crippen LogP contribution in [0.4, 0.5) is 0 Å². The zero-order chi connectivity index (χ0) is 18.9. The summed E-state index contributed by atoms with van der Waals surface area (Å²) in [4.78, 5) is 14.4. The van der Waals surface area contributed by atoms with E-state index in [9.17, 15) is 13.2 Å². The van der Waals surface area contributed by atoms with Crippen molar-refractivity contribution in [3.8, 4) is 11.5 Å². The van der Waals surface area contributed by atoms with Crippen molar-refractivity contribution in [1.29, 1.82) is 0 Å². The van der Waals surface area contributed by atoms with E-state index in [-0.39, 0.29) is 10.8 Å². The smallest absolute Gasteiger partial charge is 0.243 e. The van der Waals surface area contributed by atoms with Gasteiger partial charge in [-0.1, -0.05) is 12.2 Å². The van der Waals surface area contributed by atoms with Crippen molar-refractivity contribution in [2.45, 2.75) is 24.2 Å². The molecule has 0 radical (unpaired) electrons. The van der Waals surface area contributed by atoms with Crippen LogP contribution in [-0.4, -0.2) is 62.9 Å². The minimum absolute atomic E-state index is 0.114. The first kappa shape index (κ1) is 18.3. The second-order valence-corrected chi connectivity index (χ2v) is 9.00. The number of carbonyl (C=O) groups is 1. The van der Waals surface area contributed by atoms with Gasteiger partial charge in [-0.2, -0.15) is 4.31 Å². The summed E-state index contributed by atoms with van der Waals surface area (Å²) in [6, 6.07) is 4.71. The molecule has 146 valence electrons. The quantitative estimate of drug-likeness (QED) is 0.729. The van der Waals surface area contributed by atoms with Gasteiger partial charge in [0.25, 0.3) is 0 Å². The Morgan fingerprint density at radius 2 is 1.81 bits per heavy atom. The van der Waals surface area contributed by atoms with E-state index in [2.05, 4.69) is 12.2 Å². The van der Waals surface area contributed by atoms with Crippen LogP contribution in [0, 0.1) is 5.92 Å². The molecular weight excluding hydrogens is 368 g/mol. The molecule has 1 amide bonds. The molecule has 4 rings (SSSR count). The fraction of sp³-hybridized carbons (Fsp3) is 0.526. The molecule has 1 aliphatic carbocycles. The van der Waals surface area contributed by atoms with Gasteiger partial charge in [-0.05, 0) is 30.9 Å². The summed E-state index contributed by atoms with van der Waals surface area (Å²) in [6.07, 6.45) is 6.82. The highest BCUT2D eigenvalue weighted by Crippen LogP contribution is 2.33. The Labute approximate surface area is 159 Å². The standard InChI is InChI=1S/C19H24N2O5S/c22-19(13-15-3-1-2-4-15)20-7-9-21(10-8-20)27(23,24)16-5-6-17-18(14-16)26-12-11-25-17/h1,3,5-6,14-15H,2,4,7-13H2/t15-/m0/s1. The van der Waals surface area contributed by atoms with E-state index < -0.39 is 10.0 Å². The average Bonchev–Trinajstić information content (AvgIpc) is 3.20. The number of nitrogens with zero attached hydrogens (tertiary/aromatic N) is 2. The maximum Gasteiger partial charge on any atom is 0.243 e. The third-order valence-corrected chi connectivity index (χ3v) is 7.19. The maximum absolute atomic E-state index is 12.9. The predicted octanol–water partition coefficient (Wildman–Crippen LogP) is 1.65. The number of sulfonamides is 1. The molecule has 8 heteroatoms. The van der Waals surface area contributed by atoms with Gasteiger partial charge >= 0.3 is 0 Å². The molecule has 2 aliphatic heterocycles. The third-order valence-electron chi connectivity index (χ3n) is 5.29. The van der Waals surface area contributed by atoms with Crippen molar-refractivity contribution in [2.24, 2.45) is 5.92 Å². The molecule has 0 spiro atoms. The van der Waals surface area contributed by atoms with Gasteiger partial charge in [-0.3, -0.25) is 4.79 Å². The molecule has 0 bridgehead atoms. The minimum atomic E-state index is -3.62. The Hall–Kier alpha value is -2.06. The van der Waals surface area contributed by atoms with Crippen LogP contribution in [0.15, 0.2) is 35.2 Å². The highest BCUT2D eigenvalue weighted by molar-refractivity contribution is 7.89. The first-order valence-electron chi connectivity index (χ1n) is 9.38. The zero-order valence-corrected chi connectivity index (χ0v) is 16.0. The number of fused-ring (bicyclic) bond motifs is 1. The Morgan fingerprint density at radius 3 is 2.52 bits per heavy atom. The highest BCUT2D eigenvalue weighted by atomic mass is 32.2. The summed E-state index contributed by atoms with van der Waals surface area (Å²) in [7, 11) is -3.62. The summed E-state index contributed by atoms with van der Waals surface area (Å²) in [5.41, 5.74) is 0. The maximum atomic E-state index is 12.9. The summed E-state index contributed by atoms with van der Waals surface area (Å²) >= 11 is 0. The molecule has 1 saturated heterocycles. The molecular formula is C19H24N2O5S. The molecule has 0 aromatic heterocycles. The minimum Gasteiger partial charge on any atom is -0.486 e. The van der Waals surface area contributed by atoms with Gasteiger partial charge in [0.05, 0.1) is 4.90 Å². The fourth-order valence-electron chi connectivity index (χ4n) is 3.73. The Morgan fingerprint density at radius 1 is 1.07 bits per heavy atom. The van der Waals surface area contributed by atoms with E-state index in [1.165, 1.54) is 10.4 Å². The lowest BCUT2D eigenvalue weighted by Gasteiger charge is -2.34.